The smallest absolute Gasteiger partial charge is 0.221 e. The SMILES string of the molecule is Fc1ccccc1NC1=NC(Nc2ccccc2F)N=C(Nc2ccccc2F)N1. The minimum atomic E-state index is -0.952. The van der Waals surface area contributed by atoms with Crippen molar-refractivity contribution < 1.29 is 13.2 Å². The van der Waals surface area contributed by atoms with E-state index in [0.717, 1.165) is 0 Å². The van der Waals surface area contributed by atoms with Crippen LogP contribution < -0.4 is 21.3 Å². The van der Waals surface area contributed by atoms with Crippen LogP contribution in [0.15, 0.2) is 82.8 Å². The Morgan fingerprint density at radius 2 is 1.00 bits per heavy atom. The lowest BCUT2D eigenvalue weighted by Crippen LogP contribution is -2.45. The minimum absolute atomic E-state index is 0.141. The van der Waals surface area contributed by atoms with Crippen LogP contribution in [0.2, 0.25) is 0 Å². The van der Waals surface area contributed by atoms with Crippen LogP contribution in [0, 0.1) is 17.5 Å². The Hall–Kier alpha value is -4.01. The van der Waals surface area contributed by atoms with Crippen molar-refractivity contribution in [3.63, 3.8) is 0 Å². The molecule has 4 rings (SSSR count). The van der Waals surface area contributed by atoms with Gasteiger partial charge in [0, 0.05) is 0 Å². The third kappa shape index (κ3) is 4.52. The fourth-order valence-corrected chi connectivity index (χ4v) is 2.74. The summed E-state index contributed by atoms with van der Waals surface area (Å²) in [5.74, 6) is -1.15. The van der Waals surface area contributed by atoms with Gasteiger partial charge in [0.1, 0.15) is 17.5 Å². The summed E-state index contributed by atoms with van der Waals surface area (Å²) in [7, 11) is 0. The number of guanidine groups is 2. The van der Waals surface area contributed by atoms with E-state index in [-0.39, 0.29) is 29.0 Å². The van der Waals surface area contributed by atoms with Crippen molar-refractivity contribution in [1.29, 1.82) is 0 Å². The van der Waals surface area contributed by atoms with Crippen LogP contribution in [0.25, 0.3) is 0 Å². The summed E-state index contributed by atoms with van der Waals surface area (Å²) in [6.07, 6.45) is -0.952. The third-order valence-corrected chi connectivity index (χ3v) is 4.15. The number of para-hydroxylation sites is 3. The Labute approximate surface area is 170 Å². The molecule has 0 unspecified atom stereocenters. The van der Waals surface area contributed by atoms with Gasteiger partial charge in [-0.2, -0.15) is 0 Å². The number of nitrogens with one attached hydrogen (secondary N) is 4. The molecule has 0 bridgehead atoms. The second kappa shape index (κ2) is 8.56. The second-order valence-electron chi connectivity index (χ2n) is 6.29. The van der Waals surface area contributed by atoms with Gasteiger partial charge >= 0.3 is 0 Å². The van der Waals surface area contributed by atoms with Crippen molar-refractivity contribution in [2.45, 2.75) is 6.29 Å². The van der Waals surface area contributed by atoms with Crippen LogP contribution in [0.3, 0.4) is 0 Å². The summed E-state index contributed by atoms with van der Waals surface area (Å²) in [6.45, 7) is 0. The van der Waals surface area contributed by atoms with E-state index in [0.29, 0.717) is 0 Å². The predicted octanol–water partition coefficient (Wildman–Crippen LogP) is 4.34. The number of rotatable bonds is 4. The largest absolute Gasteiger partial charge is 0.343 e. The van der Waals surface area contributed by atoms with Crippen molar-refractivity contribution in [2.24, 2.45) is 9.98 Å². The van der Waals surface area contributed by atoms with Gasteiger partial charge in [-0.05, 0) is 36.4 Å². The summed E-state index contributed by atoms with van der Waals surface area (Å²) >= 11 is 0. The average Bonchev–Trinajstić information content (AvgIpc) is 2.73. The number of hydrogen-bond donors (Lipinski definition) is 4. The van der Waals surface area contributed by atoms with Gasteiger partial charge in [-0.15, -0.1) is 0 Å². The van der Waals surface area contributed by atoms with Crippen molar-refractivity contribution in [3.05, 3.63) is 90.2 Å². The van der Waals surface area contributed by atoms with Gasteiger partial charge in [-0.25, -0.2) is 23.2 Å². The zero-order valence-electron chi connectivity index (χ0n) is 15.5. The lowest BCUT2D eigenvalue weighted by Gasteiger charge is -2.24. The third-order valence-electron chi connectivity index (χ3n) is 4.15. The number of nitrogens with zero attached hydrogens (tertiary/aromatic N) is 2. The first kappa shape index (κ1) is 19.3. The lowest BCUT2D eigenvalue weighted by atomic mass is 10.3. The van der Waals surface area contributed by atoms with Crippen molar-refractivity contribution in [2.75, 3.05) is 16.0 Å². The van der Waals surface area contributed by atoms with Gasteiger partial charge in [0.05, 0.1) is 17.1 Å². The van der Waals surface area contributed by atoms with Gasteiger partial charge in [-0.1, -0.05) is 36.4 Å². The predicted molar refractivity (Wildman–Crippen MR) is 112 cm³/mol. The maximum absolute atomic E-state index is 14.0. The van der Waals surface area contributed by atoms with Crippen molar-refractivity contribution in [1.82, 2.24) is 5.32 Å². The fourth-order valence-electron chi connectivity index (χ4n) is 2.74. The molecule has 6 nitrogen and oxygen atoms in total. The molecule has 0 fully saturated rings. The summed E-state index contributed by atoms with van der Waals surface area (Å²) in [5.41, 5.74) is 0.549. The molecule has 0 saturated heterocycles. The monoisotopic (exact) mass is 410 g/mol. The molecule has 0 saturated carbocycles. The highest BCUT2D eigenvalue weighted by Gasteiger charge is 2.19. The lowest BCUT2D eigenvalue weighted by molar-refractivity contribution is 0.625. The van der Waals surface area contributed by atoms with Gasteiger partial charge in [0.15, 0.2) is 0 Å². The molecular weight excluding hydrogens is 393 g/mol. The Bertz CT molecular complexity index is 1050. The van der Waals surface area contributed by atoms with Crippen molar-refractivity contribution >= 4 is 29.0 Å². The standard InChI is InChI=1S/C21H17F3N6/c22-13-7-1-4-10-16(13)25-19-28-20(26-17-11-5-2-8-14(17)23)30-21(29-19)27-18-12-6-3-9-15(18)24/h1-12,19,25H,(H3,26,27,28,29,30). The molecule has 1 aliphatic rings. The van der Waals surface area contributed by atoms with Crippen LogP contribution in [0.5, 0.6) is 0 Å². The van der Waals surface area contributed by atoms with E-state index in [9.17, 15) is 13.2 Å². The highest BCUT2D eigenvalue weighted by molar-refractivity contribution is 6.10. The molecule has 30 heavy (non-hydrogen) atoms. The first-order chi connectivity index (χ1) is 14.6. The molecule has 152 valence electrons. The average molecular weight is 410 g/mol. The maximum atomic E-state index is 14.0. The molecule has 4 N–H and O–H groups in total. The normalized spacial score (nSPS) is 13.7. The summed E-state index contributed by atoms with van der Waals surface area (Å²) in [5, 5.41) is 11.3. The van der Waals surface area contributed by atoms with Gasteiger partial charge in [-0.3, -0.25) is 5.32 Å². The summed E-state index contributed by atoms with van der Waals surface area (Å²) < 4.78 is 42.1. The van der Waals surface area contributed by atoms with Crippen LogP contribution in [0.4, 0.5) is 30.2 Å². The fraction of sp³-hybridized carbons (Fsp3) is 0.0476. The van der Waals surface area contributed by atoms with Gasteiger partial charge in [0.25, 0.3) is 0 Å². The quantitative estimate of drug-likeness (QED) is 0.516. The van der Waals surface area contributed by atoms with Crippen LogP contribution >= 0.6 is 0 Å². The zero-order chi connectivity index (χ0) is 20.9. The molecule has 1 aliphatic heterocycles. The topological polar surface area (TPSA) is 72.8 Å². The Balaban J connectivity index is 1.61. The Morgan fingerprint density at radius 1 is 0.600 bits per heavy atom. The molecule has 3 aromatic carbocycles. The zero-order valence-corrected chi connectivity index (χ0v) is 15.5. The van der Waals surface area contributed by atoms with Crippen LogP contribution in [-0.4, -0.2) is 18.2 Å². The molecule has 0 spiro atoms. The highest BCUT2D eigenvalue weighted by Crippen LogP contribution is 2.18. The van der Waals surface area contributed by atoms with Gasteiger partial charge in [0.2, 0.25) is 18.2 Å². The molecule has 0 aliphatic carbocycles. The summed E-state index contributed by atoms with van der Waals surface area (Å²) in [4.78, 5) is 8.60. The molecule has 0 atom stereocenters. The molecule has 3 aromatic rings. The maximum Gasteiger partial charge on any atom is 0.221 e. The molecule has 0 aromatic heterocycles. The van der Waals surface area contributed by atoms with Crippen molar-refractivity contribution in [3.8, 4) is 0 Å². The molecule has 1 heterocycles. The number of aliphatic imine (C=N–C) groups is 2. The van der Waals surface area contributed by atoms with Gasteiger partial charge < -0.3 is 16.0 Å². The van der Waals surface area contributed by atoms with Crippen LogP contribution in [0.1, 0.15) is 0 Å². The number of anilines is 3. The van der Waals surface area contributed by atoms with Crippen LogP contribution in [-0.2, 0) is 0 Å². The van der Waals surface area contributed by atoms with E-state index in [4.69, 9.17) is 0 Å². The highest BCUT2D eigenvalue weighted by atomic mass is 19.1. The summed E-state index contributed by atoms with van der Waals surface area (Å²) in [6, 6.07) is 18.2. The van der Waals surface area contributed by atoms with E-state index in [1.54, 1.807) is 36.4 Å². The molecule has 0 amide bonds. The molecule has 0 radical (unpaired) electrons. The van der Waals surface area contributed by atoms with E-state index in [1.165, 1.54) is 36.4 Å². The first-order valence-electron chi connectivity index (χ1n) is 9.05. The van der Waals surface area contributed by atoms with E-state index in [2.05, 4.69) is 31.3 Å². The van der Waals surface area contributed by atoms with E-state index >= 15 is 0 Å². The number of benzene rings is 3. The molecule has 9 heteroatoms. The Morgan fingerprint density at radius 3 is 1.43 bits per heavy atom. The number of halogens is 3. The first-order valence-corrected chi connectivity index (χ1v) is 9.05. The minimum Gasteiger partial charge on any atom is -0.343 e. The Kier molecular flexibility index (Phi) is 5.51. The van der Waals surface area contributed by atoms with E-state index < -0.39 is 23.7 Å². The van der Waals surface area contributed by atoms with E-state index in [1.807, 2.05) is 0 Å². The second-order valence-corrected chi connectivity index (χ2v) is 6.29. The number of hydrogen-bond acceptors (Lipinski definition) is 6. The molecular formula is C21H17F3N6.